The number of nitrogens with two attached hydrogens (primary N) is 1. The molecule has 0 saturated carbocycles. The molecule has 0 radical (unpaired) electrons. The SMILES string of the molecule is Cc1cnc(CN(CCCCN)Cc2ncccc2CC(C)(C)C)c(C)c1. The molecule has 0 spiro atoms. The van der Waals surface area contributed by atoms with Gasteiger partial charge in [-0.2, -0.15) is 0 Å². The van der Waals surface area contributed by atoms with E-state index in [9.17, 15) is 0 Å². The number of unbranched alkanes of at least 4 members (excludes halogenated alkanes) is 1. The molecule has 148 valence electrons. The highest BCUT2D eigenvalue weighted by molar-refractivity contribution is 5.24. The van der Waals surface area contributed by atoms with Crippen LogP contribution in [-0.4, -0.2) is 28.0 Å². The number of nitrogens with zero attached hydrogens (tertiary/aromatic N) is 3. The van der Waals surface area contributed by atoms with Gasteiger partial charge >= 0.3 is 0 Å². The van der Waals surface area contributed by atoms with Crippen molar-refractivity contribution in [3.63, 3.8) is 0 Å². The second-order valence-corrected chi connectivity index (χ2v) is 8.83. The van der Waals surface area contributed by atoms with Gasteiger partial charge in [0.2, 0.25) is 0 Å². The van der Waals surface area contributed by atoms with E-state index < -0.39 is 0 Å². The van der Waals surface area contributed by atoms with Gasteiger partial charge < -0.3 is 5.73 Å². The van der Waals surface area contributed by atoms with Gasteiger partial charge in [-0.1, -0.05) is 32.9 Å². The number of hydrogen-bond acceptors (Lipinski definition) is 4. The van der Waals surface area contributed by atoms with Crippen molar-refractivity contribution in [1.82, 2.24) is 14.9 Å². The summed E-state index contributed by atoms with van der Waals surface area (Å²) < 4.78 is 0. The first-order valence-electron chi connectivity index (χ1n) is 10.1. The van der Waals surface area contributed by atoms with Gasteiger partial charge in [0, 0.05) is 25.5 Å². The average molecular weight is 369 g/mol. The predicted molar refractivity (Wildman–Crippen MR) is 114 cm³/mol. The summed E-state index contributed by atoms with van der Waals surface area (Å²) in [6, 6.07) is 6.49. The topological polar surface area (TPSA) is 55.0 Å². The van der Waals surface area contributed by atoms with Crippen molar-refractivity contribution in [2.24, 2.45) is 11.1 Å². The molecule has 0 fully saturated rings. The Morgan fingerprint density at radius 3 is 2.44 bits per heavy atom. The lowest BCUT2D eigenvalue weighted by Gasteiger charge is -2.25. The van der Waals surface area contributed by atoms with Crippen molar-refractivity contribution in [2.75, 3.05) is 13.1 Å². The van der Waals surface area contributed by atoms with Crippen molar-refractivity contribution in [3.05, 3.63) is 58.7 Å². The molecular weight excluding hydrogens is 332 g/mol. The lowest BCUT2D eigenvalue weighted by atomic mass is 9.87. The minimum Gasteiger partial charge on any atom is -0.330 e. The average Bonchev–Trinajstić information content (AvgIpc) is 2.58. The van der Waals surface area contributed by atoms with Gasteiger partial charge in [0.1, 0.15) is 0 Å². The maximum Gasteiger partial charge on any atom is 0.0576 e. The van der Waals surface area contributed by atoms with E-state index in [1.54, 1.807) is 0 Å². The van der Waals surface area contributed by atoms with Crippen LogP contribution in [0, 0.1) is 19.3 Å². The van der Waals surface area contributed by atoms with Crippen LogP contribution in [-0.2, 0) is 19.5 Å². The molecule has 2 rings (SSSR count). The first-order chi connectivity index (χ1) is 12.8. The summed E-state index contributed by atoms with van der Waals surface area (Å²) in [5.74, 6) is 0. The van der Waals surface area contributed by atoms with Gasteiger partial charge in [-0.3, -0.25) is 14.9 Å². The number of aromatic nitrogens is 2. The monoisotopic (exact) mass is 368 g/mol. The molecule has 0 aliphatic heterocycles. The van der Waals surface area contributed by atoms with Crippen LogP contribution in [0.1, 0.15) is 61.7 Å². The smallest absolute Gasteiger partial charge is 0.0576 e. The summed E-state index contributed by atoms with van der Waals surface area (Å²) in [6.07, 6.45) is 7.06. The van der Waals surface area contributed by atoms with Crippen molar-refractivity contribution >= 4 is 0 Å². The van der Waals surface area contributed by atoms with Gasteiger partial charge in [0.25, 0.3) is 0 Å². The number of pyridine rings is 2. The Hall–Kier alpha value is -1.78. The molecule has 0 unspecified atom stereocenters. The van der Waals surface area contributed by atoms with Gasteiger partial charge in [0.15, 0.2) is 0 Å². The zero-order valence-corrected chi connectivity index (χ0v) is 17.8. The van der Waals surface area contributed by atoms with Crippen molar-refractivity contribution in [3.8, 4) is 0 Å². The highest BCUT2D eigenvalue weighted by Crippen LogP contribution is 2.23. The quantitative estimate of drug-likeness (QED) is 0.666. The summed E-state index contributed by atoms with van der Waals surface area (Å²) in [7, 11) is 0. The Kier molecular flexibility index (Phi) is 7.93. The van der Waals surface area contributed by atoms with E-state index in [0.29, 0.717) is 0 Å². The summed E-state index contributed by atoms with van der Waals surface area (Å²) >= 11 is 0. The summed E-state index contributed by atoms with van der Waals surface area (Å²) in [6.45, 7) is 14.5. The number of rotatable bonds is 9. The molecule has 0 aliphatic rings. The van der Waals surface area contributed by atoms with Crippen molar-refractivity contribution < 1.29 is 0 Å². The summed E-state index contributed by atoms with van der Waals surface area (Å²) in [5.41, 5.74) is 12.1. The van der Waals surface area contributed by atoms with Crippen LogP contribution in [0.15, 0.2) is 30.6 Å². The van der Waals surface area contributed by atoms with E-state index in [1.807, 2.05) is 12.4 Å². The molecule has 0 aromatic carbocycles. The zero-order chi connectivity index (χ0) is 19.9. The van der Waals surface area contributed by atoms with Crippen LogP contribution in [0.3, 0.4) is 0 Å². The third-order valence-corrected chi connectivity index (χ3v) is 4.70. The van der Waals surface area contributed by atoms with E-state index in [-0.39, 0.29) is 5.41 Å². The fourth-order valence-corrected chi connectivity index (χ4v) is 3.37. The van der Waals surface area contributed by atoms with E-state index in [2.05, 4.69) is 62.7 Å². The Labute approximate surface area is 165 Å². The predicted octanol–water partition coefficient (Wildman–Crippen LogP) is 4.42. The van der Waals surface area contributed by atoms with Crippen LogP contribution in [0.2, 0.25) is 0 Å². The molecular formula is C23H36N4. The molecule has 4 nitrogen and oxygen atoms in total. The van der Waals surface area contributed by atoms with Crippen LogP contribution in [0.25, 0.3) is 0 Å². The second-order valence-electron chi connectivity index (χ2n) is 8.83. The van der Waals surface area contributed by atoms with Crippen LogP contribution < -0.4 is 5.73 Å². The summed E-state index contributed by atoms with van der Waals surface area (Å²) in [4.78, 5) is 11.9. The molecule has 2 aromatic rings. The summed E-state index contributed by atoms with van der Waals surface area (Å²) in [5, 5.41) is 0. The third kappa shape index (κ3) is 7.39. The standard InChI is InChI=1S/C23H36N4/c1-18-13-19(2)21(26-15-18)16-27(12-7-6-10-24)17-22-20(9-8-11-25-22)14-23(3,4)5/h8-9,11,13,15H,6-7,10,12,14,16-17,24H2,1-5H3. The first kappa shape index (κ1) is 21.5. The van der Waals surface area contributed by atoms with Crippen LogP contribution in [0.5, 0.6) is 0 Å². The Balaban J connectivity index is 2.19. The molecule has 2 N–H and O–H groups in total. The Bertz CT molecular complexity index is 719. The first-order valence-corrected chi connectivity index (χ1v) is 10.1. The van der Waals surface area contributed by atoms with E-state index in [0.717, 1.165) is 51.1 Å². The molecule has 0 saturated heterocycles. The van der Waals surface area contributed by atoms with Gasteiger partial charge in [-0.05, 0) is 74.4 Å². The Morgan fingerprint density at radius 2 is 1.78 bits per heavy atom. The van der Waals surface area contributed by atoms with Gasteiger partial charge in [-0.25, -0.2) is 0 Å². The van der Waals surface area contributed by atoms with Gasteiger partial charge in [-0.15, -0.1) is 0 Å². The van der Waals surface area contributed by atoms with Crippen LogP contribution >= 0.6 is 0 Å². The maximum atomic E-state index is 5.71. The van der Waals surface area contributed by atoms with Gasteiger partial charge in [0.05, 0.1) is 11.4 Å². The van der Waals surface area contributed by atoms with Crippen molar-refractivity contribution in [1.29, 1.82) is 0 Å². The molecule has 0 aliphatic carbocycles. The largest absolute Gasteiger partial charge is 0.330 e. The third-order valence-electron chi connectivity index (χ3n) is 4.70. The fourth-order valence-electron chi connectivity index (χ4n) is 3.37. The lowest BCUT2D eigenvalue weighted by molar-refractivity contribution is 0.243. The lowest BCUT2D eigenvalue weighted by Crippen LogP contribution is -2.27. The molecule has 0 bridgehead atoms. The molecule has 4 heteroatoms. The highest BCUT2D eigenvalue weighted by atomic mass is 15.1. The normalized spacial score (nSPS) is 12.0. The molecule has 0 atom stereocenters. The minimum absolute atomic E-state index is 0.247. The molecule has 2 heterocycles. The molecule has 0 amide bonds. The maximum absolute atomic E-state index is 5.71. The number of aryl methyl sites for hydroxylation is 2. The van der Waals surface area contributed by atoms with E-state index in [1.165, 1.54) is 22.4 Å². The molecule has 2 aromatic heterocycles. The van der Waals surface area contributed by atoms with Crippen molar-refractivity contribution in [2.45, 2.75) is 67.0 Å². The fraction of sp³-hybridized carbons (Fsp3) is 0.565. The van der Waals surface area contributed by atoms with E-state index >= 15 is 0 Å². The molecule has 27 heavy (non-hydrogen) atoms. The van der Waals surface area contributed by atoms with E-state index in [4.69, 9.17) is 10.7 Å². The second kappa shape index (κ2) is 9.95. The number of hydrogen-bond donors (Lipinski definition) is 1. The van der Waals surface area contributed by atoms with Crippen LogP contribution in [0.4, 0.5) is 0 Å². The Morgan fingerprint density at radius 1 is 1.04 bits per heavy atom. The zero-order valence-electron chi connectivity index (χ0n) is 17.8. The highest BCUT2D eigenvalue weighted by Gasteiger charge is 2.17. The minimum atomic E-state index is 0.247.